The van der Waals surface area contributed by atoms with Crippen LogP contribution in [0.2, 0.25) is 0 Å². The average Bonchev–Trinajstić information content (AvgIpc) is 3.22. The highest BCUT2D eigenvalue weighted by molar-refractivity contribution is 7.18. The minimum atomic E-state index is 0.0945. The maximum absolute atomic E-state index is 12.2. The molecule has 2 N–H and O–H groups in total. The number of nitrogens with zero attached hydrogens (tertiary/aromatic N) is 1. The van der Waals surface area contributed by atoms with Gasteiger partial charge in [0.2, 0.25) is 5.91 Å². The first-order valence-corrected chi connectivity index (χ1v) is 9.77. The van der Waals surface area contributed by atoms with E-state index >= 15 is 0 Å². The van der Waals surface area contributed by atoms with Crippen molar-refractivity contribution in [1.29, 1.82) is 0 Å². The van der Waals surface area contributed by atoms with Crippen LogP contribution in [0.15, 0.2) is 41.8 Å². The molecule has 0 radical (unpaired) electrons. The van der Waals surface area contributed by atoms with Crippen LogP contribution in [-0.4, -0.2) is 31.5 Å². The number of carbonyl (C=O) groups is 1. The number of fused-ring (bicyclic) bond motifs is 1. The molecule has 3 rings (SSSR count). The van der Waals surface area contributed by atoms with Crippen molar-refractivity contribution in [2.24, 2.45) is 0 Å². The molecule has 0 unspecified atom stereocenters. The number of thiophene rings is 1. The molecule has 0 aliphatic rings. The van der Waals surface area contributed by atoms with E-state index < -0.39 is 0 Å². The molecule has 1 aromatic carbocycles. The normalized spacial score (nSPS) is 12.6. The van der Waals surface area contributed by atoms with Crippen molar-refractivity contribution in [3.8, 4) is 0 Å². The van der Waals surface area contributed by atoms with Gasteiger partial charge in [0.15, 0.2) is 0 Å². The number of carbonyl (C=O) groups excluding carboxylic acids is 1. The number of aryl methyl sites for hydroxylation is 1. The fraction of sp³-hybridized carbons (Fsp3) is 0.333. The monoisotopic (exact) mass is 360 g/mol. The molecule has 0 aliphatic heterocycles. The van der Waals surface area contributed by atoms with Crippen LogP contribution in [0, 0.1) is 0 Å². The lowest BCUT2D eigenvalue weighted by molar-refractivity contribution is -0.890. The highest BCUT2D eigenvalue weighted by Crippen LogP contribution is 2.22. The van der Waals surface area contributed by atoms with Gasteiger partial charge in [0.05, 0.1) is 40.7 Å². The van der Waals surface area contributed by atoms with E-state index in [1.165, 1.54) is 14.5 Å². The molecule has 0 saturated carbocycles. The molecule has 6 heteroatoms. The molecule has 0 fully saturated rings. The number of nitrogens with one attached hydrogen (secondary N) is 2. The van der Waals surface area contributed by atoms with Gasteiger partial charge in [-0.3, -0.25) is 4.79 Å². The van der Waals surface area contributed by atoms with Crippen molar-refractivity contribution in [2.75, 3.05) is 20.6 Å². The molecule has 2 aromatic heterocycles. The zero-order valence-corrected chi connectivity index (χ0v) is 15.5. The van der Waals surface area contributed by atoms with Gasteiger partial charge in [-0.05, 0) is 23.6 Å². The van der Waals surface area contributed by atoms with E-state index in [4.69, 9.17) is 0 Å². The number of thiazole rings is 1. The predicted octanol–water partition coefficient (Wildman–Crippen LogP) is 2.29. The summed E-state index contributed by atoms with van der Waals surface area (Å²) >= 11 is 3.42. The number of para-hydroxylation sites is 1. The highest BCUT2D eigenvalue weighted by Gasteiger charge is 2.19. The Morgan fingerprint density at radius 2 is 2.08 bits per heavy atom. The van der Waals surface area contributed by atoms with Crippen LogP contribution in [0.25, 0.3) is 10.2 Å². The molecule has 0 saturated heterocycles. The Morgan fingerprint density at radius 3 is 2.79 bits per heavy atom. The van der Waals surface area contributed by atoms with Gasteiger partial charge in [0, 0.05) is 12.8 Å². The van der Waals surface area contributed by atoms with Gasteiger partial charge in [-0.25, -0.2) is 4.98 Å². The van der Waals surface area contributed by atoms with Crippen molar-refractivity contribution in [3.05, 3.63) is 51.7 Å². The summed E-state index contributed by atoms with van der Waals surface area (Å²) in [5.41, 5.74) is 1.02. The SMILES string of the molecule is C[NH+](C)[C@@H](CNC(=O)CCc1nc2ccccc2s1)c1cccs1. The summed E-state index contributed by atoms with van der Waals surface area (Å²) in [6.07, 6.45) is 1.18. The second kappa shape index (κ2) is 7.88. The standard InChI is InChI=1S/C18H21N3OS2/c1-21(2)14(16-8-5-11-23-16)12-19-17(22)9-10-18-20-13-6-3-4-7-15(13)24-18/h3-8,11,14H,9-10,12H2,1-2H3,(H,19,22)/p+1/t14-/m0/s1. The molecule has 0 aliphatic carbocycles. The van der Waals surface area contributed by atoms with Crippen LogP contribution in [0.3, 0.4) is 0 Å². The van der Waals surface area contributed by atoms with E-state index in [1.807, 2.05) is 18.2 Å². The van der Waals surface area contributed by atoms with Crippen LogP contribution in [0.1, 0.15) is 22.3 Å². The summed E-state index contributed by atoms with van der Waals surface area (Å²) in [7, 11) is 4.25. The lowest BCUT2D eigenvalue weighted by atomic mass is 10.2. The second-order valence-corrected chi connectivity index (χ2v) is 8.12. The Kier molecular flexibility index (Phi) is 5.60. The van der Waals surface area contributed by atoms with Gasteiger partial charge >= 0.3 is 0 Å². The van der Waals surface area contributed by atoms with E-state index in [0.29, 0.717) is 25.4 Å². The fourth-order valence-corrected chi connectivity index (χ4v) is 4.55. The molecular weight excluding hydrogens is 338 g/mol. The Bertz CT molecular complexity index is 763. The number of quaternary nitrogens is 1. The summed E-state index contributed by atoms with van der Waals surface area (Å²) in [6, 6.07) is 12.6. The van der Waals surface area contributed by atoms with Gasteiger partial charge in [-0.1, -0.05) is 18.2 Å². The molecule has 1 amide bonds. The van der Waals surface area contributed by atoms with Crippen molar-refractivity contribution in [2.45, 2.75) is 18.9 Å². The topological polar surface area (TPSA) is 46.4 Å². The fourth-order valence-electron chi connectivity index (χ4n) is 2.63. The van der Waals surface area contributed by atoms with Gasteiger partial charge < -0.3 is 10.2 Å². The third kappa shape index (κ3) is 4.20. The number of benzene rings is 1. The average molecular weight is 361 g/mol. The molecule has 0 bridgehead atoms. The molecule has 4 nitrogen and oxygen atoms in total. The first-order chi connectivity index (χ1) is 11.6. The number of hydrogen-bond acceptors (Lipinski definition) is 4. The maximum Gasteiger partial charge on any atom is 0.220 e. The molecule has 126 valence electrons. The third-order valence-corrected chi connectivity index (χ3v) is 6.07. The van der Waals surface area contributed by atoms with Crippen LogP contribution in [0.4, 0.5) is 0 Å². The molecule has 24 heavy (non-hydrogen) atoms. The Balaban J connectivity index is 1.51. The molecule has 2 heterocycles. The van der Waals surface area contributed by atoms with E-state index in [-0.39, 0.29) is 5.91 Å². The van der Waals surface area contributed by atoms with Gasteiger partial charge in [0.25, 0.3) is 0 Å². The smallest absolute Gasteiger partial charge is 0.220 e. The number of hydrogen-bond donors (Lipinski definition) is 2. The van der Waals surface area contributed by atoms with Gasteiger partial charge in [-0.2, -0.15) is 0 Å². The Hall–Kier alpha value is -1.76. The predicted molar refractivity (Wildman–Crippen MR) is 101 cm³/mol. The Labute approximate surface area is 150 Å². The highest BCUT2D eigenvalue weighted by atomic mass is 32.1. The quantitative estimate of drug-likeness (QED) is 0.679. The van der Waals surface area contributed by atoms with E-state index in [9.17, 15) is 4.79 Å². The van der Waals surface area contributed by atoms with Crippen molar-refractivity contribution < 1.29 is 9.69 Å². The van der Waals surface area contributed by atoms with Gasteiger partial charge in [-0.15, -0.1) is 22.7 Å². The zero-order chi connectivity index (χ0) is 16.9. The van der Waals surface area contributed by atoms with E-state index in [0.717, 1.165) is 10.5 Å². The molecule has 1 atom stereocenters. The summed E-state index contributed by atoms with van der Waals surface area (Å²) in [5.74, 6) is 0.0945. The summed E-state index contributed by atoms with van der Waals surface area (Å²) in [5, 5.41) is 6.19. The van der Waals surface area contributed by atoms with Crippen LogP contribution in [-0.2, 0) is 11.2 Å². The van der Waals surface area contributed by atoms with E-state index in [1.54, 1.807) is 22.7 Å². The number of aromatic nitrogens is 1. The minimum absolute atomic E-state index is 0.0945. The third-order valence-electron chi connectivity index (χ3n) is 3.99. The second-order valence-electron chi connectivity index (χ2n) is 6.02. The summed E-state index contributed by atoms with van der Waals surface area (Å²) in [6.45, 7) is 0.668. The molecule has 0 spiro atoms. The first kappa shape index (κ1) is 17.1. The van der Waals surface area contributed by atoms with Crippen LogP contribution < -0.4 is 10.2 Å². The zero-order valence-electron chi connectivity index (χ0n) is 13.9. The minimum Gasteiger partial charge on any atom is -0.350 e. The van der Waals surface area contributed by atoms with Crippen LogP contribution >= 0.6 is 22.7 Å². The first-order valence-electron chi connectivity index (χ1n) is 8.08. The largest absolute Gasteiger partial charge is 0.350 e. The van der Waals surface area contributed by atoms with E-state index in [2.05, 4.69) is 48.0 Å². The van der Waals surface area contributed by atoms with Crippen molar-refractivity contribution in [3.63, 3.8) is 0 Å². The van der Waals surface area contributed by atoms with Crippen molar-refractivity contribution in [1.82, 2.24) is 10.3 Å². The Morgan fingerprint density at radius 1 is 1.25 bits per heavy atom. The molecule has 3 aromatic rings. The number of likely N-dealkylation sites (N-methyl/N-ethyl adjacent to an activating group) is 1. The van der Waals surface area contributed by atoms with Crippen LogP contribution in [0.5, 0.6) is 0 Å². The maximum atomic E-state index is 12.2. The van der Waals surface area contributed by atoms with Crippen molar-refractivity contribution >= 4 is 38.8 Å². The number of rotatable bonds is 7. The summed E-state index contributed by atoms with van der Waals surface area (Å²) < 4.78 is 1.18. The number of amides is 1. The summed E-state index contributed by atoms with van der Waals surface area (Å²) in [4.78, 5) is 19.4. The lowest BCUT2D eigenvalue weighted by Crippen LogP contribution is -3.06. The van der Waals surface area contributed by atoms with Gasteiger partial charge in [0.1, 0.15) is 6.04 Å². The molecular formula is C18H22N3OS2+. The lowest BCUT2D eigenvalue weighted by Gasteiger charge is -2.20.